The third-order valence-electron chi connectivity index (χ3n) is 2.24. The zero-order valence-corrected chi connectivity index (χ0v) is 10.9. The first-order chi connectivity index (χ1) is 9.02. The molecule has 0 aliphatic rings. The molecule has 1 rings (SSSR count). The Kier molecular flexibility index (Phi) is 5.62. The van der Waals surface area contributed by atoms with E-state index < -0.39 is 5.97 Å². The van der Waals surface area contributed by atoms with Gasteiger partial charge in [0.1, 0.15) is 0 Å². The number of hydrazine groups is 1. The summed E-state index contributed by atoms with van der Waals surface area (Å²) in [5.74, 6) is 0.377. The van der Waals surface area contributed by atoms with Crippen molar-refractivity contribution in [3.05, 3.63) is 23.8 Å². The Bertz CT molecular complexity index is 462. The molecule has 7 heteroatoms. The number of guanidine groups is 1. The SMILES string of the molecule is COc1cc(CCNNC(=N)N)ccc1OC(C)=O. The van der Waals surface area contributed by atoms with Gasteiger partial charge in [0, 0.05) is 13.5 Å². The number of carbonyl (C=O) groups excluding carboxylic acids is 1. The summed E-state index contributed by atoms with van der Waals surface area (Å²) in [5.41, 5.74) is 11.4. The predicted molar refractivity (Wildman–Crippen MR) is 71.1 cm³/mol. The number of hydrogen-bond acceptors (Lipinski definition) is 5. The van der Waals surface area contributed by atoms with Gasteiger partial charge in [0.2, 0.25) is 0 Å². The van der Waals surface area contributed by atoms with Gasteiger partial charge >= 0.3 is 5.97 Å². The van der Waals surface area contributed by atoms with Gasteiger partial charge in [0.25, 0.3) is 0 Å². The monoisotopic (exact) mass is 266 g/mol. The molecular formula is C12H18N4O3. The molecule has 0 bridgehead atoms. The van der Waals surface area contributed by atoms with Gasteiger partial charge in [0.15, 0.2) is 17.5 Å². The van der Waals surface area contributed by atoms with Crippen LogP contribution in [-0.4, -0.2) is 25.6 Å². The zero-order chi connectivity index (χ0) is 14.3. The summed E-state index contributed by atoms with van der Waals surface area (Å²) in [6.07, 6.45) is 0.705. The number of ether oxygens (including phenoxy) is 2. The molecule has 0 amide bonds. The molecule has 0 spiro atoms. The van der Waals surface area contributed by atoms with Crippen LogP contribution >= 0.6 is 0 Å². The zero-order valence-electron chi connectivity index (χ0n) is 10.9. The number of rotatable bonds is 6. The van der Waals surface area contributed by atoms with Crippen LogP contribution in [0.5, 0.6) is 11.5 Å². The normalized spacial score (nSPS) is 9.79. The van der Waals surface area contributed by atoms with Gasteiger partial charge in [-0.3, -0.25) is 15.6 Å². The van der Waals surface area contributed by atoms with Crippen molar-refractivity contribution in [2.24, 2.45) is 5.73 Å². The number of benzene rings is 1. The standard InChI is InChI=1S/C12H18N4O3/c1-8(17)19-10-4-3-9(7-11(10)18-2)5-6-15-16-12(13)14/h3-4,7,15H,5-6H2,1-2H3,(H4,13,14,16). The highest BCUT2D eigenvalue weighted by Crippen LogP contribution is 2.28. The fourth-order valence-electron chi connectivity index (χ4n) is 1.47. The average molecular weight is 266 g/mol. The Labute approximate surface area is 111 Å². The highest BCUT2D eigenvalue weighted by molar-refractivity contribution is 5.73. The highest BCUT2D eigenvalue weighted by Gasteiger charge is 2.07. The van der Waals surface area contributed by atoms with Gasteiger partial charge in [-0.1, -0.05) is 6.07 Å². The first-order valence-electron chi connectivity index (χ1n) is 5.71. The van der Waals surface area contributed by atoms with Crippen LogP contribution in [-0.2, 0) is 11.2 Å². The molecule has 5 N–H and O–H groups in total. The van der Waals surface area contributed by atoms with Crippen LogP contribution in [0.15, 0.2) is 18.2 Å². The van der Waals surface area contributed by atoms with Crippen molar-refractivity contribution in [1.29, 1.82) is 5.41 Å². The Hall–Kier alpha value is -2.28. The summed E-state index contributed by atoms with van der Waals surface area (Å²) >= 11 is 0. The van der Waals surface area contributed by atoms with Crippen molar-refractivity contribution < 1.29 is 14.3 Å². The molecule has 0 unspecified atom stereocenters. The molecule has 0 aliphatic carbocycles. The third kappa shape index (κ3) is 5.26. The highest BCUT2D eigenvalue weighted by atomic mass is 16.6. The van der Waals surface area contributed by atoms with E-state index in [1.807, 2.05) is 6.07 Å². The fourth-order valence-corrected chi connectivity index (χ4v) is 1.47. The number of esters is 1. The van der Waals surface area contributed by atoms with Crippen molar-refractivity contribution in [1.82, 2.24) is 10.9 Å². The molecular weight excluding hydrogens is 248 g/mol. The van der Waals surface area contributed by atoms with Crippen molar-refractivity contribution in [3.63, 3.8) is 0 Å². The first-order valence-corrected chi connectivity index (χ1v) is 5.71. The van der Waals surface area contributed by atoms with Gasteiger partial charge in [-0.15, -0.1) is 0 Å². The van der Waals surface area contributed by atoms with Crippen LogP contribution in [0.1, 0.15) is 12.5 Å². The Morgan fingerprint density at radius 1 is 1.42 bits per heavy atom. The molecule has 0 aromatic heterocycles. The molecule has 104 valence electrons. The fraction of sp³-hybridized carbons (Fsp3) is 0.333. The Morgan fingerprint density at radius 2 is 2.16 bits per heavy atom. The summed E-state index contributed by atoms with van der Waals surface area (Å²) in [6.45, 7) is 1.93. The van der Waals surface area contributed by atoms with E-state index in [0.717, 1.165) is 5.56 Å². The van der Waals surface area contributed by atoms with Crippen LogP contribution in [0, 0.1) is 5.41 Å². The van der Waals surface area contributed by atoms with Gasteiger partial charge in [-0.25, -0.2) is 5.43 Å². The molecule has 0 heterocycles. The minimum Gasteiger partial charge on any atom is -0.493 e. The number of methoxy groups -OCH3 is 1. The maximum Gasteiger partial charge on any atom is 0.308 e. The largest absolute Gasteiger partial charge is 0.493 e. The van der Waals surface area contributed by atoms with E-state index in [2.05, 4.69) is 10.9 Å². The van der Waals surface area contributed by atoms with E-state index in [4.69, 9.17) is 20.6 Å². The van der Waals surface area contributed by atoms with Crippen LogP contribution in [0.3, 0.4) is 0 Å². The summed E-state index contributed by atoms with van der Waals surface area (Å²) < 4.78 is 10.2. The number of hydrogen-bond donors (Lipinski definition) is 4. The van der Waals surface area contributed by atoms with Crippen molar-refractivity contribution in [3.8, 4) is 11.5 Å². The Morgan fingerprint density at radius 3 is 2.74 bits per heavy atom. The maximum absolute atomic E-state index is 10.9. The molecule has 7 nitrogen and oxygen atoms in total. The molecule has 0 aliphatic heterocycles. The van der Waals surface area contributed by atoms with Gasteiger partial charge in [-0.2, -0.15) is 0 Å². The second-order valence-corrected chi connectivity index (χ2v) is 3.79. The molecule has 0 fully saturated rings. The lowest BCUT2D eigenvalue weighted by atomic mass is 10.1. The van der Waals surface area contributed by atoms with Crippen molar-refractivity contribution >= 4 is 11.9 Å². The number of nitrogens with two attached hydrogens (primary N) is 1. The first kappa shape index (κ1) is 14.8. The smallest absolute Gasteiger partial charge is 0.308 e. The maximum atomic E-state index is 10.9. The number of nitrogens with one attached hydrogen (secondary N) is 3. The van der Waals surface area contributed by atoms with E-state index in [1.54, 1.807) is 12.1 Å². The Balaban J connectivity index is 2.61. The lowest BCUT2D eigenvalue weighted by Gasteiger charge is -2.10. The molecule has 0 radical (unpaired) electrons. The topological polar surface area (TPSA) is 109 Å². The van der Waals surface area contributed by atoms with Crippen molar-refractivity contribution in [2.75, 3.05) is 13.7 Å². The van der Waals surface area contributed by atoms with E-state index in [1.165, 1.54) is 14.0 Å². The molecule has 1 aromatic carbocycles. The van der Waals surface area contributed by atoms with Crippen LogP contribution in [0.4, 0.5) is 0 Å². The second kappa shape index (κ2) is 7.22. The summed E-state index contributed by atoms with van der Waals surface area (Å²) in [5, 5.41) is 6.97. The summed E-state index contributed by atoms with van der Waals surface area (Å²) in [4.78, 5) is 10.9. The van der Waals surface area contributed by atoms with Crippen LogP contribution in [0.25, 0.3) is 0 Å². The van der Waals surface area contributed by atoms with Gasteiger partial charge in [0.05, 0.1) is 7.11 Å². The summed E-state index contributed by atoms with van der Waals surface area (Å²) in [6, 6.07) is 5.33. The van der Waals surface area contributed by atoms with E-state index in [9.17, 15) is 4.79 Å². The van der Waals surface area contributed by atoms with Gasteiger partial charge in [-0.05, 0) is 24.1 Å². The molecule has 0 atom stereocenters. The second-order valence-electron chi connectivity index (χ2n) is 3.79. The quantitative estimate of drug-likeness (QED) is 0.146. The molecule has 19 heavy (non-hydrogen) atoms. The lowest BCUT2D eigenvalue weighted by molar-refractivity contribution is -0.132. The molecule has 0 saturated heterocycles. The van der Waals surface area contributed by atoms with E-state index in [-0.39, 0.29) is 5.96 Å². The molecule has 1 aromatic rings. The summed E-state index contributed by atoms with van der Waals surface area (Å²) in [7, 11) is 1.52. The van der Waals surface area contributed by atoms with Crippen molar-refractivity contribution in [2.45, 2.75) is 13.3 Å². The van der Waals surface area contributed by atoms with Crippen LogP contribution < -0.4 is 26.1 Å². The minimum absolute atomic E-state index is 0.136. The minimum atomic E-state index is -0.390. The molecule has 0 saturated carbocycles. The predicted octanol–water partition coefficient (Wildman–Crippen LogP) is 0.151. The van der Waals surface area contributed by atoms with E-state index in [0.29, 0.717) is 24.5 Å². The lowest BCUT2D eigenvalue weighted by Crippen LogP contribution is -2.42. The van der Waals surface area contributed by atoms with Gasteiger partial charge < -0.3 is 15.2 Å². The average Bonchev–Trinajstić information content (AvgIpc) is 2.35. The third-order valence-corrected chi connectivity index (χ3v) is 2.24. The number of carbonyl (C=O) groups is 1. The van der Waals surface area contributed by atoms with Crippen LogP contribution in [0.2, 0.25) is 0 Å². The van der Waals surface area contributed by atoms with E-state index >= 15 is 0 Å².